The van der Waals surface area contributed by atoms with E-state index in [1.54, 1.807) is 11.3 Å². The second-order valence-electron chi connectivity index (χ2n) is 2.61. The lowest BCUT2D eigenvalue weighted by molar-refractivity contribution is 0.275. The molecule has 1 heterocycles. The standard InChI is InChI=1S/C8H13NOS/c9-8(1-3-10)5-7-2-4-11-6-7/h2,4,6,8,10H,1,3,5,9H2/t8-/m0/s1. The molecule has 1 rings (SSSR count). The molecule has 1 atom stereocenters. The van der Waals surface area contributed by atoms with Crippen LogP contribution in [0.2, 0.25) is 0 Å². The molecule has 0 aliphatic carbocycles. The summed E-state index contributed by atoms with van der Waals surface area (Å²) in [5, 5.41) is 12.7. The second kappa shape index (κ2) is 4.49. The molecular weight excluding hydrogens is 158 g/mol. The number of thiophene rings is 1. The van der Waals surface area contributed by atoms with Gasteiger partial charge in [-0.1, -0.05) is 0 Å². The van der Waals surface area contributed by atoms with E-state index in [9.17, 15) is 0 Å². The molecule has 0 aliphatic heterocycles. The summed E-state index contributed by atoms with van der Waals surface area (Å²) in [6, 6.07) is 2.18. The van der Waals surface area contributed by atoms with Crippen LogP contribution in [0.25, 0.3) is 0 Å². The molecule has 3 N–H and O–H groups in total. The van der Waals surface area contributed by atoms with Crippen molar-refractivity contribution in [1.82, 2.24) is 0 Å². The predicted molar refractivity (Wildman–Crippen MR) is 47.7 cm³/mol. The van der Waals surface area contributed by atoms with Crippen molar-refractivity contribution >= 4 is 11.3 Å². The molecule has 0 aliphatic rings. The fourth-order valence-corrected chi connectivity index (χ4v) is 1.66. The normalized spacial score (nSPS) is 13.3. The number of hydrogen-bond donors (Lipinski definition) is 2. The van der Waals surface area contributed by atoms with Gasteiger partial charge in [0, 0.05) is 12.6 Å². The Kier molecular flexibility index (Phi) is 3.56. The van der Waals surface area contributed by atoms with E-state index < -0.39 is 0 Å². The van der Waals surface area contributed by atoms with Crippen LogP contribution in [0.5, 0.6) is 0 Å². The average Bonchev–Trinajstić information content (AvgIpc) is 2.40. The SMILES string of the molecule is N[C@@H](CCO)Cc1ccsc1. The minimum Gasteiger partial charge on any atom is -0.396 e. The van der Waals surface area contributed by atoms with Crippen LogP contribution in [0.1, 0.15) is 12.0 Å². The summed E-state index contributed by atoms with van der Waals surface area (Å²) < 4.78 is 0. The molecule has 11 heavy (non-hydrogen) atoms. The van der Waals surface area contributed by atoms with Gasteiger partial charge in [-0.25, -0.2) is 0 Å². The van der Waals surface area contributed by atoms with E-state index in [1.807, 2.05) is 5.38 Å². The fourth-order valence-electron chi connectivity index (χ4n) is 0.979. The maximum absolute atomic E-state index is 8.59. The highest BCUT2D eigenvalue weighted by atomic mass is 32.1. The van der Waals surface area contributed by atoms with E-state index in [4.69, 9.17) is 10.8 Å². The van der Waals surface area contributed by atoms with E-state index in [0.717, 1.165) is 6.42 Å². The predicted octanol–water partition coefficient (Wildman–Crippen LogP) is 1.00. The van der Waals surface area contributed by atoms with Gasteiger partial charge in [0.05, 0.1) is 0 Å². The molecule has 0 aromatic carbocycles. The maximum Gasteiger partial charge on any atom is 0.0445 e. The molecule has 62 valence electrons. The molecule has 1 aromatic rings. The van der Waals surface area contributed by atoms with Crippen molar-refractivity contribution in [3.8, 4) is 0 Å². The fraction of sp³-hybridized carbons (Fsp3) is 0.500. The van der Waals surface area contributed by atoms with Crippen LogP contribution in [0.4, 0.5) is 0 Å². The second-order valence-corrected chi connectivity index (χ2v) is 3.39. The average molecular weight is 171 g/mol. The number of aliphatic hydroxyl groups excluding tert-OH is 1. The summed E-state index contributed by atoms with van der Waals surface area (Å²) in [6.45, 7) is 0.186. The largest absolute Gasteiger partial charge is 0.396 e. The summed E-state index contributed by atoms with van der Waals surface area (Å²) in [7, 11) is 0. The van der Waals surface area contributed by atoms with Gasteiger partial charge < -0.3 is 10.8 Å². The van der Waals surface area contributed by atoms with Gasteiger partial charge in [0.15, 0.2) is 0 Å². The molecule has 3 heteroatoms. The molecule has 0 unspecified atom stereocenters. The summed E-state index contributed by atoms with van der Waals surface area (Å²) in [6.07, 6.45) is 1.57. The Bertz CT molecular complexity index is 186. The third-order valence-corrected chi connectivity index (χ3v) is 2.31. The first-order valence-electron chi connectivity index (χ1n) is 3.70. The molecule has 0 amide bonds. The zero-order valence-electron chi connectivity index (χ0n) is 6.36. The highest BCUT2D eigenvalue weighted by molar-refractivity contribution is 7.07. The van der Waals surface area contributed by atoms with Gasteiger partial charge in [-0.2, -0.15) is 11.3 Å². The quantitative estimate of drug-likeness (QED) is 0.710. The molecule has 0 saturated heterocycles. The van der Waals surface area contributed by atoms with Crippen LogP contribution in [-0.4, -0.2) is 17.8 Å². The first-order valence-corrected chi connectivity index (χ1v) is 4.64. The maximum atomic E-state index is 8.59. The van der Waals surface area contributed by atoms with Crippen LogP contribution in [-0.2, 0) is 6.42 Å². The van der Waals surface area contributed by atoms with Crippen molar-refractivity contribution in [2.45, 2.75) is 18.9 Å². The minimum absolute atomic E-state index is 0.106. The number of rotatable bonds is 4. The molecule has 0 spiro atoms. The highest BCUT2D eigenvalue weighted by Crippen LogP contribution is 2.08. The van der Waals surface area contributed by atoms with Gasteiger partial charge in [-0.05, 0) is 35.2 Å². The van der Waals surface area contributed by atoms with E-state index >= 15 is 0 Å². The number of hydrogen-bond acceptors (Lipinski definition) is 3. The summed E-state index contributed by atoms with van der Waals surface area (Å²) >= 11 is 1.68. The van der Waals surface area contributed by atoms with E-state index in [1.165, 1.54) is 5.56 Å². The van der Waals surface area contributed by atoms with Crippen molar-refractivity contribution in [2.24, 2.45) is 5.73 Å². The minimum atomic E-state index is 0.106. The van der Waals surface area contributed by atoms with Crippen molar-refractivity contribution in [3.05, 3.63) is 22.4 Å². The molecule has 0 radical (unpaired) electrons. The smallest absolute Gasteiger partial charge is 0.0445 e. The first-order chi connectivity index (χ1) is 5.33. The van der Waals surface area contributed by atoms with Gasteiger partial charge in [-0.3, -0.25) is 0 Å². The zero-order chi connectivity index (χ0) is 8.10. The molecule has 0 saturated carbocycles. The lowest BCUT2D eigenvalue weighted by atomic mass is 10.1. The Morgan fingerprint density at radius 2 is 2.45 bits per heavy atom. The van der Waals surface area contributed by atoms with Gasteiger partial charge in [0.2, 0.25) is 0 Å². The van der Waals surface area contributed by atoms with Crippen LogP contribution in [0, 0.1) is 0 Å². The van der Waals surface area contributed by atoms with Gasteiger partial charge in [0.1, 0.15) is 0 Å². The third kappa shape index (κ3) is 3.01. The van der Waals surface area contributed by atoms with Crippen molar-refractivity contribution in [2.75, 3.05) is 6.61 Å². The van der Waals surface area contributed by atoms with Crippen LogP contribution >= 0.6 is 11.3 Å². The van der Waals surface area contributed by atoms with Crippen LogP contribution in [0.15, 0.2) is 16.8 Å². The summed E-state index contributed by atoms with van der Waals surface area (Å²) in [5.74, 6) is 0. The molecular formula is C8H13NOS. The van der Waals surface area contributed by atoms with Crippen LogP contribution in [0.3, 0.4) is 0 Å². The Morgan fingerprint density at radius 1 is 1.64 bits per heavy atom. The molecule has 0 bridgehead atoms. The number of aliphatic hydroxyl groups is 1. The summed E-state index contributed by atoms with van der Waals surface area (Å²) in [5.41, 5.74) is 6.99. The number of nitrogens with two attached hydrogens (primary N) is 1. The lowest BCUT2D eigenvalue weighted by Gasteiger charge is -2.06. The van der Waals surface area contributed by atoms with Gasteiger partial charge in [-0.15, -0.1) is 0 Å². The van der Waals surface area contributed by atoms with E-state index in [-0.39, 0.29) is 12.6 Å². The summed E-state index contributed by atoms with van der Waals surface area (Å²) in [4.78, 5) is 0. The Hall–Kier alpha value is -0.380. The third-order valence-electron chi connectivity index (χ3n) is 1.58. The first kappa shape index (κ1) is 8.71. The van der Waals surface area contributed by atoms with Crippen molar-refractivity contribution in [3.63, 3.8) is 0 Å². The van der Waals surface area contributed by atoms with Gasteiger partial charge >= 0.3 is 0 Å². The Morgan fingerprint density at radius 3 is 3.00 bits per heavy atom. The Labute approximate surface area is 70.7 Å². The van der Waals surface area contributed by atoms with Crippen LogP contribution < -0.4 is 5.73 Å². The molecule has 1 aromatic heterocycles. The van der Waals surface area contributed by atoms with Crippen molar-refractivity contribution in [1.29, 1.82) is 0 Å². The topological polar surface area (TPSA) is 46.2 Å². The highest BCUT2D eigenvalue weighted by Gasteiger charge is 2.02. The van der Waals surface area contributed by atoms with Crippen molar-refractivity contribution < 1.29 is 5.11 Å². The lowest BCUT2D eigenvalue weighted by Crippen LogP contribution is -2.23. The Balaban J connectivity index is 2.31. The molecule has 2 nitrogen and oxygen atoms in total. The van der Waals surface area contributed by atoms with E-state index in [2.05, 4.69) is 11.4 Å². The molecule has 0 fully saturated rings. The monoisotopic (exact) mass is 171 g/mol. The van der Waals surface area contributed by atoms with Gasteiger partial charge in [0.25, 0.3) is 0 Å². The zero-order valence-corrected chi connectivity index (χ0v) is 7.18. The van der Waals surface area contributed by atoms with E-state index in [0.29, 0.717) is 6.42 Å².